The van der Waals surface area contributed by atoms with Crippen molar-refractivity contribution in [3.8, 4) is 5.75 Å². The molecule has 30 heavy (non-hydrogen) atoms. The van der Waals surface area contributed by atoms with E-state index < -0.39 is 0 Å². The molecule has 2 fully saturated rings. The second-order valence-corrected chi connectivity index (χ2v) is 8.18. The zero-order valence-corrected chi connectivity index (χ0v) is 21.1. The molecule has 170 valence electrons. The van der Waals surface area contributed by atoms with Crippen LogP contribution in [0.15, 0.2) is 23.2 Å². The summed E-state index contributed by atoms with van der Waals surface area (Å²) in [5.74, 6) is 2.71. The van der Waals surface area contributed by atoms with Crippen molar-refractivity contribution in [1.29, 1.82) is 0 Å². The highest BCUT2D eigenvalue weighted by Crippen LogP contribution is 2.34. The fraction of sp³-hybridized carbons (Fsp3) is 0.696. The first-order valence-electron chi connectivity index (χ1n) is 11.2. The summed E-state index contributed by atoms with van der Waals surface area (Å²) in [6.07, 6.45) is 5.59. The zero-order valence-electron chi connectivity index (χ0n) is 18.8. The maximum Gasteiger partial charge on any atom is 0.191 e. The third-order valence-corrected chi connectivity index (χ3v) is 5.53. The highest BCUT2D eigenvalue weighted by molar-refractivity contribution is 14.0. The van der Waals surface area contributed by atoms with Crippen LogP contribution in [0.2, 0.25) is 0 Å². The van der Waals surface area contributed by atoms with Crippen LogP contribution >= 0.6 is 24.0 Å². The summed E-state index contributed by atoms with van der Waals surface area (Å²) in [7, 11) is 1.83. The molecule has 0 unspecified atom stereocenters. The zero-order chi connectivity index (χ0) is 20.5. The number of hydrogen-bond acceptors (Lipinski definition) is 4. The predicted molar refractivity (Wildman–Crippen MR) is 134 cm³/mol. The lowest BCUT2D eigenvalue weighted by Gasteiger charge is -2.22. The summed E-state index contributed by atoms with van der Waals surface area (Å²) in [5, 5.41) is 6.90. The van der Waals surface area contributed by atoms with Gasteiger partial charge in [0.05, 0.1) is 6.61 Å². The smallest absolute Gasteiger partial charge is 0.191 e. The Morgan fingerprint density at radius 3 is 2.63 bits per heavy atom. The number of benzene rings is 1. The van der Waals surface area contributed by atoms with Crippen LogP contribution in [0.4, 0.5) is 0 Å². The Morgan fingerprint density at radius 1 is 1.17 bits per heavy atom. The standard InChI is InChI=1S/C23H38N4O2.HI/c1-4-28-13-14-29-22-15-18(2)5-8-20(22)16-26-23(24-3)25-11-12-27(21-9-10-21)17-19-6-7-19;/h5,8,15,19,21H,4,6-7,9-14,16-17H2,1-3H3,(H2,24,25,26);1H. The number of rotatable bonds is 13. The number of halogens is 1. The number of hydrogen-bond donors (Lipinski definition) is 2. The molecule has 1 aromatic carbocycles. The number of ether oxygens (including phenoxy) is 2. The third kappa shape index (κ3) is 8.98. The highest BCUT2D eigenvalue weighted by Gasteiger charge is 2.33. The SMILES string of the molecule is CCOCCOc1cc(C)ccc1CNC(=NC)NCCN(CC1CC1)C1CC1.I. The molecule has 7 heteroatoms. The molecule has 2 N–H and O–H groups in total. The maximum absolute atomic E-state index is 5.94. The molecule has 1 aromatic rings. The Morgan fingerprint density at radius 2 is 1.97 bits per heavy atom. The molecule has 0 atom stereocenters. The monoisotopic (exact) mass is 530 g/mol. The summed E-state index contributed by atoms with van der Waals surface area (Å²) in [5.41, 5.74) is 2.32. The van der Waals surface area contributed by atoms with E-state index in [1.54, 1.807) is 0 Å². The highest BCUT2D eigenvalue weighted by atomic mass is 127. The van der Waals surface area contributed by atoms with Gasteiger partial charge in [0.25, 0.3) is 0 Å². The van der Waals surface area contributed by atoms with Crippen molar-refractivity contribution in [2.75, 3.05) is 46.5 Å². The molecule has 2 aliphatic carbocycles. The molecule has 0 bridgehead atoms. The molecule has 6 nitrogen and oxygen atoms in total. The summed E-state index contributed by atoms with van der Waals surface area (Å²) in [6, 6.07) is 7.16. The quantitative estimate of drug-likeness (QED) is 0.177. The number of aliphatic imine (C=N–C) groups is 1. The molecule has 0 aromatic heterocycles. The summed E-state index contributed by atoms with van der Waals surface area (Å²) < 4.78 is 11.3. The van der Waals surface area contributed by atoms with E-state index in [2.05, 4.69) is 45.6 Å². The van der Waals surface area contributed by atoms with Crippen LogP contribution in [0.3, 0.4) is 0 Å². The van der Waals surface area contributed by atoms with Gasteiger partial charge in [0.15, 0.2) is 5.96 Å². The van der Waals surface area contributed by atoms with Crippen molar-refractivity contribution < 1.29 is 9.47 Å². The Labute approximate surface area is 199 Å². The fourth-order valence-electron chi connectivity index (χ4n) is 3.51. The van der Waals surface area contributed by atoms with Crippen molar-refractivity contribution in [2.45, 2.75) is 52.1 Å². The molecule has 0 spiro atoms. The van der Waals surface area contributed by atoms with Crippen LogP contribution in [0.5, 0.6) is 5.75 Å². The average Bonchev–Trinajstić information content (AvgIpc) is 3.62. The Hall–Kier alpha value is -1.06. The fourth-order valence-corrected chi connectivity index (χ4v) is 3.51. The topological polar surface area (TPSA) is 58.1 Å². The van der Waals surface area contributed by atoms with Gasteiger partial charge >= 0.3 is 0 Å². The van der Waals surface area contributed by atoms with Gasteiger partial charge in [-0.1, -0.05) is 12.1 Å². The van der Waals surface area contributed by atoms with E-state index in [0.717, 1.165) is 42.3 Å². The van der Waals surface area contributed by atoms with Gasteiger partial charge in [-0.3, -0.25) is 9.89 Å². The number of guanidine groups is 1. The van der Waals surface area contributed by atoms with E-state index in [9.17, 15) is 0 Å². The van der Waals surface area contributed by atoms with Crippen molar-refractivity contribution >= 4 is 29.9 Å². The molecule has 0 radical (unpaired) electrons. The summed E-state index contributed by atoms with van der Waals surface area (Å²) in [6.45, 7) is 9.95. The molecule has 0 aliphatic heterocycles. The first-order valence-corrected chi connectivity index (χ1v) is 11.2. The van der Waals surface area contributed by atoms with Crippen molar-refractivity contribution in [2.24, 2.45) is 10.9 Å². The van der Waals surface area contributed by atoms with E-state index in [1.807, 2.05) is 14.0 Å². The van der Waals surface area contributed by atoms with Crippen LogP contribution in [-0.2, 0) is 11.3 Å². The van der Waals surface area contributed by atoms with Gasteiger partial charge in [-0.05, 0) is 57.1 Å². The van der Waals surface area contributed by atoms with Gasteiger partial charge in [0.2, 0.25) is 0 Å². The molecular formula is C23H39IN4O2. The first-order chi connectivity index (χ1) is 14.2. The van der Waals surface area contributed by atoms with Gasteiger partial charge in [0, 0.05) is 51.4 Å². The van der Waals surface area contributed by atoms with Gasteiger partial charge in [-0.2, -0.15) is 0 Å². The summed E-state index contributed by atoms with van der Waals surface area (Å²) >= 11 is 0. The van der Waals surface area contributed by atoms with Crippen molar-refractivity contribution in [3.05, 3.63) is 29.3 Å². The number of aryl methyl sites for hydroxylation is 1. The largest absolute Gasteiger partial charge is 0.491 e. The second-order valence-electron chi connectivity index (χ2n) is 8.18. The Bertz CT molecular complexity index is 663. The molecule has 0 saturated heterocycles. The van der Waals surface area contributed by atoms with Crippen LogP contribution in [0.25, 0.3) is 0 Å². The molecule has 3 rings (SSSR count). The van der Waals surface area contributed by atoms with Crippen LogP contribution in [-0.4, -0.2) is 63.4 Å². The lowest BCUT2D eigenvalue weighted by atomic mass is 10.1. The van der Waals surface area contributed by atoms with Crippen molar-refractivity contribution in [3.63, 3.8) is 0 Å². The van der Waals surface area contributed by atoms with Crippen molar-refractivity contribution in [1.82, 2.24) is 15.5 Å². The van der Waals surface area contributed by atoms with Gasteiger partial charge in [-0.15, -0.1) is 24.0 Å². The van der Waals surface area contributed by atoms with E-state index in [4.69, 9.17) is 9.47 Å². The number of nitrogens with one attached hydrogen (secondary N) is 2. The third-order valence-electron chi connectivity index (χ3n) is 5.53. The first kappa shape index (κ1) is 25.2. The normalized spacial score (nSPS) is 16.3. The lowest BCUT2D eigenvalue weighted by molar-refractivity contribution is 0.110. The second kappa shape index (κ2) is 13.4. The summed E-state index contributed by atoms with van der Waals surface area (Å²) in [4.78, 5) is 7.05. The minimum Gasteiger partial charge on any atom is -0.491 e. The number of nitrogens with zero attached hydrogens (tertiary/aromatic N) is 2. The molecule has 0 amide bonds. The minimum atomic E-state index is 0. The Balaban J connectivity index is 0.00000320. The van der Waals surface area contributed by atoms with Gasteiger partial charge in [-0.25, -0.2) is 0 Å². The van der Waals surface area contributed by atoms with Gasteiger partial charge < -0.3 is 20.1 Å². The van der Waals surface area contributed by atoms with Crippen LogP contribution in [0, 0.1) is 12.8 Å². The lowest BCUT2D eigenvalue weighted by Crippen LogP contribution is -2.42. The minimum absolute atomic E-state index is 0. The van der Waals surface area contributed by atoms with E-state index in [0.29, 0.717) is 26.4 Å². The van der Waals surface area contributed by atoms with Crippen LogP contribution < -0.4 is 15.4 Å². The average molecular weight is 530 g/mol. The molecule has 2 aliphatic rings. The Kier molecular flexibility index (Phi) is 11.2. The van der Waals surface area contributed by atoms with E-state index in [-0.39, 0.29) is 24.0 Å². The molecule has 0 heterocycles. The maximum atomic E-state index is 5.94. The molecular weight excluding hydrogens is 491 g/mol. The predicted octanol–water partition coefficient (Wildman–Crippen LogP) is 3.57. The van der Waals surface area contributed by atoms with E-state index >= 15 is 0 Å². The van der Waals surface area contributed by atoms with Crippen LogP contribution in [0.1, 0.15) is 43.7 Å². The van der Waals surface area contributed by atoms with E-state index in [1.165, 1.54) is 37.8 Å². The van der Waals surface area contributed by atoms with Gasteiger partial charge in [0.1, 0.15) is 12.4 Å². The molecule has 2 saturated carbocycles.